The van der Waals surface area contributed by atoms with Gasteiger partial charge in [-0.25, -0.2) is 4.68 Å². The standard InChI is InChI=1S/C23H32ClN5O2/c1-5-27(6-2)21(30)16-26-11-13-28(14-12-26)23(31)20-15-25-29(22(20)17(3)4)19-9-7-18(24)8-10-19/h7-10,15,17H,5-6,11-14,16H2,1-4H3. The maximum atomic E-state index is 13.3. The van der Waals surface area contributed by atoms with E-state index < -0.39 is 0 Å². The molecule has 0 saturated carbocycles. The van der Waals surface area contributed by atoms with E-state index in [1.54, 1.807) is 6.20 Å². The van der Waals surface area contributed by atoms with Crippen LogP contribution < -0.4 is 0 Å². The molecule has 8 heteroatoms. The molecule has 0 N–H and O–H groups in total. The highest BCUT2D eigenvalue weighted by atomic mass is 35.5. The lowest BCUT2D eigenvalue weighted by atomic mass is 10.0. The molecule has 0 aliphatic carbocycles. The van der Waals surface area contributed by atoms with E-state index in [2.05, 4.69) is 23.8 Å². The van der Waals surface area contributed by atoms with Crippen LogP contribution in [0, 0.1) is 0 Å². The zero-order valence-corrected chi connectivity index (χ0v) is 19.6. The van der Waals surface area contributed by atoms with Crippen LogP contribution in [0.15, 0.2) is 30.5 Å². The number of halogens is 1. The lowest BCUT2D eigenvalue weighted by Crippen LogP contribution is -2.51. The van der Waals surface area contributed by atoms with Gasteiger partial charge in [-0.3, -0.25) is 14.5 Å². The Bertz CT molecular complexity index is 897. The van der Waals surface area contributed by atoms with Crippen LogP contribution in [0.2, 0.25) is 5.02 Å². The summed E-state index contributed by atoms with van der Waals surface area (Å²) in [5.74, 6) is 0.278. The van der Waals surface area contributed by atoms with Crippen LogP contribution in [0.25, 0.3) is 5.69 Å². The highest BCUT2D eigenvalue weighted by Crippen LogP contribution is 2.25. The van der Waals surface area contributed by atoms with Crippen molar-refractivity contribution >= 4 is 23.4 Å². The van der Waals surface area contributed by atoms with E-state index in [0.717, 1.165) is 24.5 Å². The van der Waals surface area contributed by atoms with E-state index in [1.807, 2.05) is 52.6 Å². The first-order valence-corrected chi connectivity index (χ1v) is 11.4. The second-order valence-electron chi connectivity index (χ2n) is 8.12. The van der Waals surface area contributed by atoms with Gasteiger partial charge in [0.05, 0.1) is 29.7 Å². The van der Waals surface area contributed by atoms with Crippen LogP contribution in [0.5, 0.6) is 0 Å². The van der Waals surface area contributed by atoms with Crippen molar-refractivity contribution in [3.05, 3.63) is 46.7 Å². The third-order valence-electron chi connectivity index (χ3n) is 5.79. The molecule has 3 rings (SSSR count). The van der Waals surface area contributed by atoms with Crippen molar-refractivity contribution in [2.24, 2.45) is 0 Å². The average Bonchev–Trinajstić information content (AvgIpc) is 3.20. The third kappa shape index (κ3) is 5.28. The molecule has 2 aromatic rings. The fourth-order valence-corrected chi connectivity index (χ4v) is 4.14. The van der Waals surface area contributed by atoms with Crippen LogP contribution >= 0.6 is 11.6 Å². The lowest BCUT2D eigenvalue weighted by molar-refractivity contribution is -0.132. The quantitative estimate of drug-likeness (QED) is 0.656. The molecule has 0 atom stereocenters. The molecule has 0 bridgehead atoms. The summed E-state index contributed by atoms with van der Waals surface area (Å²) in [6.07, 6.45) is 1.67. The first-order chi connectivity index (χ1) is 14.8. The maximum absolute atomic E-state index is 13.3. The Balaban J connectivity index is 1.70. The first-order valence-electron chi connectivity index (χ1n) is 11.0. The summed E-state index contributed by atoms with van der Waals surface area (Å²) >= 11 is 6.02. The van der Waals surface area contributed by atoms with Gasteiger partial charge in [0.2, 0.25) is 5.91 Å². The topological polar surface area (TPSA) is 61.7 Å². The number of amides is 2. The zero-order chi connectivity index (χ0) is 22.5. The van der Waals surface area contributed by atoms with Gasteiger partial charge in [-0.05, 0) is 44.0 Å². The van der Waals surface area contributed by atoms with Gasteiger partial charge in [0.1, 0.15) is 0 Å². The Kier molecular flexibility index (Phi) is 7.73. The highest BCUT2D eigenvalue weighted by Gasteiger charge is 2.28. The Morgan fingerprint density at radius 2 is 1.68 bits per heavy atom. The van der Waals surface area contributed by atoms with E-state index in [9.17, 15) is 9.59 Å². The number of benzene rings is 1. The minimum Gasteiger partial charge on any atom is -0.342 e. The van der Waals surface area contributed by atoms with Crippen molar-refractivity contribution < 1.29 is 9.59 Å². The molecule has 168 valence electrons. The van der Waals surface area contributed by atoms with E-state index in [-0.39, 0.29) is 17.7 Å². The van der Waals surface area contributed by atoms with Crippen LogP contribution in [-0.2, 0) is 4.79 Å². The minimum absolute atomic E-state index is 0.00127. The van der Waals surface area contributed by atoms with E-state index in [1.165, 1.54) is 0 Å². The number of hydrogen-bond acceptors (Lipinski definition) is 4. The summed E-state index contributed by atoms with van der Waals surface area (Å²) in [4.78, 5) is 31.5. The number of likely N-dealkylation sites (N-methyl/N-ethyl adjacent to an activating group) is 1. The average molecular weight is 446 g/mol. The SMILES string of the molecule is CCN(CC)C(=O)CN1CCN(C(=O)c2cnn(-c3ccc(Cl)cc3)c2C(C)C)CC1. The van der Waals surface area contributed by atoms with Gasteiger partial charge in [0, 0.05) is 44.3 Å². The molecule has 1 aliphatic heterocycles. The van der Waals surface area contributed by atoms with Crippen molar-refractivity contribution in [2.75, 3.05) is 45.8 Å². The van der Waals surface area contributed by atoms with Crippen molar-refractivity contribution in [2.45, 2.75) is 33.6 Å². The monoisotopic (exact) mass is 445 g/mol. The normalized spacial score (nSPS) is 14.8. The highest BCUT2D eigenvalue weighted by molar-refractivity contribution is 6.30. The van der Waals surface area contributed by atoms with Crippen LogP contribution in [0.3, 0.4) is 0 Å². The number of piperazine rings is 1. The predicted octanol–water partition coefficient (Wildman–Crippen LogP) is 3.28. The van der Waals surface area contributed by atoms with E-state index in [4.69, 9.17) is 11.6 Å². The molecule has 2 amide bonds. The Morgan fingerprint density at radius 3 is 2.23 bits per heavy atom. The van der Waals surface area contributed by atoms with Crippen LogP contribution in [0.4, 0.5) is 0 Å². The predicted molar refractivity (Wildman–Crippen MR) is 123 cm³/mol. The van der Waals surface area contributed by atoms with Gasteiger partial charge in [0.25, 0.3) is 5.91 Å². The van der Waals surface area contributed by atoms with Crippen molar-refractivity contribution in [1.29, 1.82) is 0 Å². The molecule has 1 aromatic heterocycles. The summed E-state index contributed by atoms with van der Waals surface area (Å²) in [6.45, 7) is 12.6. The van der Waals surface area contributed by atoms with Gasteiger partial charge < -0.3 is 9.80 Å². The number of aromatic nitrogens is 2. The molecule has 2 heterocycles. The molecular weight excluding hydrogens is 414 g/mol. The zero-order valence-electron chi connectivity index (χ0n) is 18.8. The minimum atomic E-state index is -0.00127. The summed E-state index contributed by atoms with van der Waals surface area (Å²) in [5, 5.41) is 5.17. The maximum Gasteiger partial charge on any atom is 0.257 e. The molecule has 1 aliphatic rings. The van der Waals surface area contributed by atoms with Gasteiger partial charge in [0.15, 0.2) is 0 Å². The molecule has 31 heavy (non-hydrogen) atoms. The molecule has 0 unspecified atom stereocenters. The number of carbonyl (C=O) groups excluding carboxylic acids is 2. The third-order valence-corrected chi connectivity index (χ3v) is 6.04. The summed E-state index contributed by atoms with van der Waals surface area (Å²) in [5.41, 5.74) is 2.41. The number of hydrogen-bond donors (Lipinski definition) is 0. The van der Waals surface area contributed by atoms with E-state index in [0.29, 0.717) is 43.3 Å². The number of rotatable bonds is 7. The van der Waals surface area contributed by atoms with E-state index >= 15 is 0 Å². The van der Waals surface area contributed by atoms with Crippen molar-refractivity contribution in [3.8, 4) is 5.69 Å². The number of carbonyl (C=O) groups is 2. The number of nitrogens with zero attached hydrogens (tertiary/aromatic N) is 5. The molecular formula is C23H32ClN5O2. The Labute approximate surface area is 189 Å². The molecule has 0 spiro atoms. The fourth-order valence-electron chi connectivity index (χ4n) is 4.01. The molecule has 1 fully saturated rings. The summed E-state index contributed by atoms with van der Waals surface area (Å²) in [6, 6.07) is 7.45. The summed E-state index contributed by atoms with van der Waals surface area (Å²) < 4.78 is 1.83. The van der Waals surface area contributed by atoms with Crippen LogP contribution in [-0.4, -0.2) is 82.1 Å². The van der Waals surface area contributed by atoms with Crippen molar-refractivity contribution in [3.63, 3.8) is 0 Å². The van der Waals surface area contributed by atoms with Gasteiger partial charge in [-0.1, -0.05) is 25.4 Å². The second-order valence-corrected chi connectivity index (χ2v) is 8.56. The molecule has 1 aromatic carbocycles. The smallest absolute Gasteiger partial charge is 0.257 e. The molecule has 0 radical (unpaired) electrons. The second kappa shape index (κ2) is 10.3. The van der Waals surface area contributed by atoms with Crippen LogP contribution in [0.1, 0.15) is 49.7 Å². The Hall–Kier alpha value is -2.38. The van der Waals surface area contributed by atoms with Gasteiger partial charge in [-0.2, -0.15) is 5.10 Å². The largest absolute Gasteiger partial charge is 0.342 e. The molecule has 7 nitrogen and oxygen atoms in total. The van der Waals surface area contributed by atoms with Gasteiger partial charge in [-0.15, -0.1) is 0 Å². The Morgan fingerprint density at radius 1 is 1.06 bits per heavy atom. The summed E-state index contributed by atoms with van der Waals surface area (Å²) in [7, 11) is 0. The van der Waals surface area contributed by atoms with Crippen molar-refractivity contribution in [1.82, 2.24) is 24.5 Å². The molecule has 1 saturated heterocycles. The fraction of sp³-hybridized carbons (Fsp3) is 0.522. The first kappa shape index (κ1) is 23.3. The van der Waals surface area contributed by atoms with Gasteiger partial charge >= 0.3 is 0 Å². The lowest BCUT2D eigenvalue weighted by Gasteiger charge is -2.35.